The van der Waals surface area contributed by atoms with Crippen molar-refractivity contribution < 1.29 is 13.5 Å². The van der Waals surface area contributed by atoms with Crippen molar-refractivity contribution in [1.82, 2.24) is 10.6 Å². The van der Waals surface area contributed by atoms with Gasteiger partial charge in [-0.3, -0.25) is 4.99 Å². The molecule has 0 aliphatic carbocycles. The van der Waals surface area contributed by atoms with Gasteiger partial charge in [-0.05, 0) is 29.3 Å². The summed E-state index contributed by atoms with van der Waals surface area (Å²) in [6.45, 7) is 2.95. The second-order valence-electron chi connectivity index (χ2n) is 5.72. The number of halogens is 2. The smallest absolute Gasteiger partial charge is 0.191 e. The van der Waals surface area contributed by atoms with E-state index in [0.29, 0.717) is 24.6 Å². The van der Waals surface area contributed by atoms with E-state index in [9.17, 15) is 8.78 Å². The quantitative estimate of drug-likeness (QED) is 0.621. The monoisotopic (exact) mass is 347 g/mol. The maximum Gasteiger partial charge on any atom is 0.191 e. The van der Waals surface area contributed by atoms with E-state index >= 15 is 0 Å². The van der Waals surface area contributed by atoms with E-state index < -0.39 is 11.6 Å². The molecule has 4 nitrogen and oxygen atoms in total. The summed E-state index contributed by atoms with van der Waals surface area (Å²) in [7, 11) is 3.30. The van der Waals surface area contributed by atoms with Crippen LogP contribution < -0.4 is 15.4 Å². The highest BCUT2D eigenvalue weighted by molar-refractivity contribution is 5.79. The fraction of sp³-hybridized carbons (Fsp3) is 0.316. The third-order valence-corrected chi connectivity index (χ3v) is 3.91. The standard InChI is InChI=1S/C19H23F2N3O/c1-13(17-9-6-15(20)10-18(17)21)11-23-19(22-2)24-12-14-4-7-16(25-3)8-5-14/h4-10,13H,11-12H2,1-3H3,(H2,22,23,24). The Morgan fingerprint density at radius 1 is 1.12 bits per heavy atom. The minimum atomic E-state index is -0.571. The van der Waals surface area contributed by atoms with Gasteiger partial charge in [0.1, 0.15) is 17.4 Å². The average molecular weight is 347 g/mol. The number of hydrogen-bond donors (Lipinski definition) is 2. The summed E-state index contributed by atoms with van der Waals surface area (Å²) in [6, 6.07) is 11.4. The zero-order chi connectivity index (χ0) is 18.2. The van der Waals surface area contributed by atoms with Gasteiger partial charge in [-0.15, -0.1) is 0 Å². The minimum absolute atomic E-state index is 0.125. The van der Waals surface area contributed by atoms with E-state index in [4.69, 9.17) is 4.74 Å². The van der Waals surface area contributed by atoms with Crippen LogP contribution in [-0.4, -0.2) is 26.7 Å². The first-order chi connectivity index (χ1) is 12.0. The lowest BCUT2D eigenvalue weighted by molar-refractivity contribution is 0.414. The van der Waals surface area contributed by atoms with Gasteiger partial charge in [-0.2, -0.15) is 0 Å². The van der Waals surface area contributed by atoms with E-state index in [2.05, 4.69) is 15.6 Å². The number of aliphatic imine (C=N–C) groups is 1. The molecule has 0 heterocycles. The highest BCUT2D eigenvalue weighted by Gasteiger charge is 2.12. The molecule has 0 spiro atoms. The lowest BCUT2D eigenvalue weighted by Crippen LogP contribution is -2.38. The van der Waals surface area contributed by atoms with Gasteiger partial charge in [0.05, 0.1) is 7.11 Å². The minimum Gasteiger partial charge on any atom is -0.497 e. The molecule has 2 aromatic rings. The molecule has 134 valence electrons. The first-order valence-corrected chi connectivity index (χ1v) is 8.06. The van der Waals surface area contributed by atoms with E-state index in [1.54, 1.807) is 14.2 Å². The van der Waals surface area contributed by atoms with Gasteiger partial charge < -0.3 is 15.4 Å². The van der Waals surface area contributed by atoms with Crippen LogP contribution in [0.25, 0.3) is 0 Å². The van der Waals surface area contributed by atoms with Crippen LogP contribution in [-0.2, 0) is 6.54 Å². The first kappa shape index (κ1) is 18.7. The molecule has 1 atom stereocenters. The Morgan fingerprint density at radius 3 is 2.44 bits per heavy atom. The van der Waals surface area contributed by atoms with Gasteiger partial charge >= 0.3 is 0 Å². The van der Waals surface area contributed by atoms with Crippen LogP contribution in [0.4, 0.5) is 8.78 Å². The molecular weight excluding hydrogens is 324 g/mol. The molecule has 0 bridgehead atoms. The van der Waals surface area contributed by atoms with Gasteiger partial charge in [-0.1, -0.05) is 25.1 Å². The Kier molecular flexibility index (Phi) is 6.74. The lowest BCUT2D eigenvalue weighted by atomic mass is 10.0. The fourth-order valence-corrected chi connectivity index (χ4v) is 2.41. The first-order valence-electron chi connectivity index (χ1n) is 8.06. The number of guanidine groups is 1. The molecule has 2 N–H and O–H groups in total. The maximum atomic E-state index is 13.8. The molecular formula is C19H23F2N3O. The summed E-state index contributed by atoms with van der Waals surface area (Å²) < 4.78 is 31.9. The van der Waals surface area contributed by atoms with Crippen molar-refractivity contribution >= 4 is 5.96 Å². The molecule has 2 aromatic carbocycles. The molecule has 0 aliphatic heterocycles. The van der Waals surface area contributed by atoms with Gasteiger partial charge in [0.2, 0.25) is 0 Å². The van der Waals surface area contributed by atoms with Crippen molar-refractivity contribution in [3.05, 3.63) is 65.2 Å². The zero-order valence-corrected chi connectivity index (χ0v) is 14.6. The number of ether oxygens (including phenoxy) is 1. The summed E-state index contributed by atoms with van der Waals surface area (Å²) >= 11 is 0. The van der Waals surface area contributed by atoms with Crippen LogP contribution in [0.5, 0.6) is 5.75 Å². The summed E-state index contributed by atoms with van der Waals surface area (Å²) in [5.74, 6) is 0.195. The highest BCUT2D eigenvalue weighted by Crippen LogP contribution is 2.19. The molecule has 1 unspecified atom stereocenters. The molecule has 2 rings (SSSR count). The van der Waals surface area contributed by atoms with Gasteiger partial charge in [0.25, 0.3) is 0 Å². The maximum absolute atomic E-state index is 13.8. The second-order valence-corrected chi connectivity index (χ2v) is 5.72. The Morgan fingerprint density at radius 2 is 1.84 bits per heavy atom. The van der Waals surface area contributed by atoms with E-state index in [1.165, 1.54) is 12.1 Å². The number of rotatable bonds is 6. The normalized spacial score (nSPS) is 12.6. The number of benzene rings is 2. The Labute approximate surface area is 146 Å². The molecule has 0 fully saturated rings. The predicted molar refractivity (Wildman–Crippen MR) is 96.0 cm³/mol. The third kappa shape index (κ3) is 5.45. The summed E-state index contributed by atoms with van der Waals surface area (Å²) in [4.78, 5) is 4.15. The molecule has 0 radical (unpaired) electrons. The van der Waals surface area contributed by atoms with Crippen LogP contribution >= 0.6 is 0 Å². The van der Waals surface area contributed by atoms with E-state index in [0.717, 1.165) is 17.4 Å². The Bertz CT molecular complexity index is 717. The molecule has 0 amide bonds. The number of nitrogens with one attached hydrogen (secondary N) is 2. The number of nitrogens with zero attached hydrogens (tertiary/aromatic N) is 1. The topological polar surface area (TPSA) is 45.7 Å². The van der Waals surface area contributed by atoms with Gasteiger partial charge in [0.15, 0.2) is 5.96 Å². The van der Waals surface area contributed by atoms with Crippen molar-refractivity contribution in [2.45, 2.75) is 19.4 Å². The molecule has 0 aromatic heterocycles. The SMILES string of the molecule is CN=C(NCc1ccc(OC)cc1)NCC(C)c1ccc(F)cc1F. The van der Waals surface area contributed by atoms with Crippen molar-refractivity contribution in [1.29, 1.82) is 0 Å². The van der Waals surface area contributed by atoms with Crippen LogP contribution in [0.3, 0.4) is 0 Å². The summed E-state index contributed by atoms with van der Waals surface area (Å²) in [6.07, 6.45) is 0. The fourth-order valence-electron chi connectivity index (χ4n) is 2.41. The molecule has 0 saturated carbocycles. The predicted octanol–water partition coefficient (Wildman–Crippen LogP) is 3.44. The molecule has 0 aliphatic rings. The van der Waals surface area contributed by atoms with Crippen LogP contribution in [0.1, 0.15) is 24.0 Å². The molecule has 6 heteroatoms. The van der Waals surface area contributed by atoms with E-state index in [-0.39, 0.29) is 5.92 Å². The second kappa shape index (κ2) is 9.01. The molecule has 0 saturated heterocycles. The zero-order valence-electron chi connectivity index (χ0n) is 14.6. The Hall–Kier alpha value is -2.63. The highest BCUT2D eigenvalue weighted by atomic mass is 19.1. The van der Waals surface area contributed by atoms with E-state index in [1.807, 2.05) is 31.2 Å². The van der Waals surface area contributed by atoms with Gasteiger partial charge in [0, 0.05) is 32.1 Å². The van der Waals surface area contributed by atoms with Gasteiger partial charge in [-0.25, -0.2) is 8.78 Å². The van der Waals surface area contributed by atoms with Crippen LogP contribution in [0.15, 0.2) is 47.5 Å². The average Bonchev–Trinajstić information content (AvgIpc) is 2.62. The summed E-state index contributed by atoms with van der Waals surface area (Å²) in [5, 5.41) is 6.35. The van der Waals surface area contributed by atoms with Crippen molar-refractivity contribution in [2.24, 2.45) is 4.99 Å². The number of hydrogen-bond acceptors (Lipinski definition) is 2. The van der Waals surface area contributed by atoms with Crippen LogP contribution in [0.2, 0.25) is 0 Å². The third-order valence-electron chi connectivity index (χ3n) is 3.91. The lowest BCUT2D eigenvalue weighted by Gasteiger charge is -2.17. The van der Waals surface area contributed by atoms with Crippen molar-refractivity contribution in [3.8, 4) is 5.75 Å². The van der Waals surface area contributed by atoms with Crippen molar-refractivity contribution in [2.75, 3.05) is 20.7 Å². The van der Waals surface area contributed by atoms with Crippen LogP contribution in [0, 0.1) is 11.6 Å². The largest absolute Gasteiger partial charge is 0.497 e. The molecule has 25 heavy (non-hydrogen) atoms. The number of methoxy groups -OCH3 is 1. The summed E-state index contributed by atoms with van der Waals surface area (Å²) in [5.41, 5.74) is 1.56. The van der Waals surface area contributed by atoms with Crippen molar-refractivity contribution in [3.63, 3.8) is 0 Å². The Balaban J connectivity index is 1.86.